The molecule has 0 radical (unpaired) electrons. The van der Waals surface area contributed by atoms with Gasteiger partial charge in [-0.05, 0) is 55.5 Å². The summed E-state index contributed by atoms with van der Waals surface area (Å²) in [6.07, 6.45) is 0.170. The molecule has 1 saturated heterocycles. The summed E-state index contributed by atoms with van der Waals surface area (Å²) in [5.41, 5.74) is 2.03. The van der Waals surface area contributed by atoms with Gasteiger partial charge in [0.1, 0.15) is 5.75 Å². The molecular weight excluding hydrogens is 358 g/mol. The Morgan fingerprint density at radius 1 is 1.04 bits per heavy atom. The highest BCUT2D eigenvalue weighted by molar-refractivity contribution is 6.03. The predicted octanol–water partition coefficient (Wildman–Crippen LogP) is 3.04. The second-order valence-electron chi connectivity index (χ2n) is 6.58. The standard InChI is InChI=1S/C21H23N3O4/c1-3-28-19-10-8-18(9-11-19)24-13-15(12-20(24)26)21(27)23-17-6-4-16(5-7-17)22-14(2)25/h4-11,15H,3,12-13H2,1-2H3,(H,22,25)(H,23,27)/t15-/m0/s1. The van der Waals surface area contributed by atoms with E-state index in [0.29, 0.717) is 24.5 Å². The van der Waals surface area contributed by atoms with Crippen molar-refractivity contribution in [2.45, 2.75) is 20.3 Å². The number of nitrogens with zero attached hydrogens (tertiary/aromatic N) is 1. The van der Waals surface area contributed by atoms with Gasteiger partial charge >= 0.3 is 0 Å². The van der Waals surface area contributed by atoms with Crippen molar-refractivity contribution < 1.29 is 19.1 Å². The lowest BCUT2D eigenvalue weighted by Gasteiger charge is -2.17. The first-order chi connectivity index (χ1) is 13.5. The zero-order valence-corrected chi connectivity index (χ0v) is 15.9. The summed E-state index contributed by atoms with van der Waals surface area (Å²) in [5, 5.41) is 5.50. The van der Waals surface area contributed by atoms with Crippen LogP contribution >= 0.6 is 0 Å². The molecule has 0 unspecified atom stereocenters. The maximum atomic E-state index is 12.6. The van der Waals surface area contributed by atoms with Gasteiger partial charge in [-0.15, -0.1) is 0 Å². The van der Waals surface area contributed by atoms with Crippen LogP contribution in [-0.2, 0) is 14.4 Å². The van der Waals surface area contributed by atoms with Crippen molar-refractivity contribution in [3.63, 3.8) is 0 Å². The Bertz CT molecular complexity index is 862. The topological polar surface area (TPSA) is 87.7 Å². The largest absolute Gasteiger partial charge is 0.494 e. The van der Waals surface area contributed by atoms with Crippen LogP contribution < -0.4 is 20.3 Å². The number of nitrogens with one attached hydrogen (secondary N) is 2. The Kier molecular flexibility index (Phi) is 5.93. The molecule has 0 aromatic heterocycles. The lowest BCUT2D eigenvalue weighted by Crippen LogP contribution is -2.28. The first-order valence-corrected chi connectivity index (χ1v) is 9.18. The van der Waals surface area contributed by atoms with Crippen LogP contribution in [0.5, 0.6) is 5.75 Å². The van der Waals surface area contributed by atoms with Crippen molar-refractivity contribution in [2.24, 2.45) is 5.92 Å². The molecule has 7 nitrogen and oxygen atoms in total. The molecule has 0 aliphatic carbocycles. The number of rotatable bonds is 6. The highest BCUT2D eigenvalue weighted by Crippen LogP contribution is 2.27. The number of carbonyl (C=O) groups excluding carboxylic acids is 3. The summed E-state index contributed by atoms with van der Waals surface area (Å²) in [6.45, 7) is 4.26. The molecule has 2 aromatic carbocycles. The van der Waals surface area contributed by atoms with Crippen LogP contribution in [0.3, 0.4) is 0 Å². The van der Waals surface area contributed by atoms with Crippen molar-refractivity contribution in [1.29, 1.82) is 0 Å². The van der Waals surface area contributed by atoms with Gasteiger partial charge in [-0.3, -0.25) is 14.4 Å². The summed E-state index contributed by atoms with van der Waals surface area (Å²) in [6, 6.07) is 14.1. The first kappa shape index (κ1) is 19.4. The van der Waals surface area contributed by atoms with E-state index in [0.717, 1.165) is 11.4 Å². The van der Waals surface area contributed by atoms with E-state index >= 15 is 0 Å². The zero-order valence-electron chi connectivity index (χ0n) is 15.9. The Labute approximate surface area is 163 Å². The molecule has 1 atom stereocenters. The van der Waals surface area contributed by atoms with Gasteiger partial charge in [0, 0.05) is 37.0 Å². The maximum Gasteiger partial charge on any atom is 0.229 e. The fourth-order valence-electron chi connectivity index (χ4n) is 3.11. The number of amides is 3. The van der Waals surface area contributed by atoms with Crippen molar-refractivity contribution in [1.82, 2.24) is 0 Å². The Morgan fingerprint density at radius 3 is 2.21 bits per heavy atom. The molecule has 3 rings (SSSR count). The van der Waals surface area contributed by atoms with E-state index < -0.39 is 5.92 Å². The van der Waals surface area contributed by atoms with Crippen molar-refractivity contribution >= 4 is 34.8 Å². The van der Waals surface area contributed by atoms with Gasteiger partial charge in [-0.25, -0.2) is 0 Å². The average Bonchev–Trinajstić information content (AvgIpc) is 3.06. The van der Waals surface area contributed by atoms with Crippen LogP contribution in [0.1, 0.15) is 20.3 Å². The number of ether oxygens (including phenoxy) is 1. The average molecular weight is 381 g/mol. The van der Waals surface area contributed by atoms with Crippen LogP contribution in [-0.4, -0.2) is 30.9 Å². The lowest BCUT2D eigenvalue weighted by atomic mass is 10.1. The SMILES string of the molecule is CCOc1ccc(N2C[C@@H](C(=O)Nc3ccc(NC(C)=O)cc3)CC2=O)cc1. The molecule has 0 spiro atoms. The van der Waals surface area contributed by atoms with Crippen LogP contribution in [0.2, 0.25) is 0 Å². The van der Waals surface area contributed by atoms with Crippen LogP contribution in [0.15, 0.2) is 48.5 Å². The molecule has 28 heavy (non-hydrogen) atoms. The van der Waals surface area contributed by atoms with E-state index in [1.165, 1.54) is 6.92 Å². The molecule has 1 fully saturated rings. The Balaban J connectivity index is 1.61. The quantitative estimate of drug-likeness (QED) is 0.805. The van der Waals surface area contributed by atoms with Crippen LogP contribution in [0.25, 0.3) is 0 Å². The fraction of sp³-hybridized carbons (Fsp3) is 0.286. The second kappa shape index (κ2) is 8.56. The molecule has 2 aromatic rings. The van der Waals surface area contributed by atoms with Crippen molar-refractivity contribution in [2.75, 3.05) is 28.7 Å². The Morgan fingerprint density at radius 2 is 1.64 bits per heavy atom. The van der Waals surface area contributed by atoms with E-state index in [2.05, 4.69) is 10.6 Å². The highest BCUT2D eigenvalue weighted by Gasteiger charge is 2.35. The molecule has 2 N–H and O–H groups in total. The molecule has 7 heteroatoms. The third-order valence-corrected chi connectivity index (χ3v) is 4.43. The molecule has 3 amide bonds. The van der Waals surface area contributed by atoms with Crippen LogP contribution in [0.4, 0.5) is 17.1 Å². The Hall–Kier alpha value is -3.35. The fourth-order valence-corrected chi connectivity index (χ4v) is 3.11. The predicted molar refractivity (Wildman–Crippen MR) is 107 cm³/mol. The maximum absolute atomic E-state index is 12.6. The number of benzene rings is 2. The van der Waals surface area contributed by atoms with Gasteiger partial charge in [-0.2, -0.15) is 0 Å². The van der Waals surface area contributed by atoms with Gasteiger partial charge in [-0.1, -0.05) is 0 Å². The van der Waals surface area contributed by atoms with E-state index in [9.17, 15) is 14.4 Å². The molecule has 1 aliphatic heterocycles. The minimum absolute atomic E-state index is 0.0784. The molecular formula is C21H23N3O4. The lowest BCUT2D eigenvalue weighted by molar-refractivity contribution is -0.122. The van der Waals surface area contributed by atoms with E-state index in [4.69, 9.17) is 4.74 Å². The number of hydrogen-bond donors (Lipinski definition) is 2. The summed E-state index contributed by atoms with van der Waals surface area (Å²) in [4.78, 5) is 37.6. The van der Waals surface area contributed by atoms with Crippen molar-refractivity contribution in [3.05, 3.63) is 48.5 Å². The van der Waals surface area contributed by atoms with Gasteiger partial charge in [0.25, 0.3) is 0 Å². The normalized spacial score (nSPS) is 16.0. The molecule has 0 bridgehead atoms. The number of carbonyl (C=O) groups is 3. The van der Waals surface area contributed by atoms with E-state index in [-0.39, 0.29) is 24.1 Å². The smallest absolute Gasteiger partial charge is 0.229 e. The zero-order chi connectivity index (χ0) is 20.1. The molecule has 1 aliphatic rings. The van der Waals surface area contributed by atoms with Gasteiger partial charge in [0.2, 0.25) is 17.7 Å². The number of hydrogen-bond acceptors (Lipinski definition) is 4. The third kappa shape index (κ3) is 4.68. The monoisotopic (exact) mass is 381 g/mol. The molecule has 146 valence electrons. The molecule has 1 heterocycles. The van der Waals surface area contributed by atoms with Gasteiger partial charge in [0.15, 0.2) is 0 Å². The summed E-state index contributed by atoms with van der Waals surface area (Å²) < 4.78 is 5.41. The number of anilines is 3. The van der Waals surface area contributed by atoms with Gasteiger partial charge < -0.3 is 20.3 Å². The summed E-state index contributed by atoms with van der Waals surface area (Å²) >= 11 is 0. The third-order valence-electron chi connectivity index (χ3n) is 4.43. The molecule has 0 saturated carbocycles. The first-order valence-electron chi connectivity index (χ1n) is 9.18. The minimum atomic E-state index is -0.422. The van der Waals surface area contributed by atoms with Crippen molar-refractivity contribution in [3.8, 4) is 5.75 Å². The summed E-state index contributed by atoms with van der Waals surface area (Å²) in [5.74, 6) is -0.112. The van der Waals surface area contributed by atoms with E-state index in [1.807, 2.05) is 31.2 Å². The highest BCUT2D eigenvalue weighted by atomic mass is 16.5. The minimum Gasteiger partial charge on any atom is -0.494 e. The van der Waals surface area contributed by atoms with Crippen LogP contribution in [0, 0.1) is 5.92 Å². The van der Waals surface area contributed by atoms with E-state index in [1.54, 1.807) is 29.2 Å². The van der Waals surface area contributed by atoms with Gasteiger partial charge in [0.05, 0.1) is 12.5 Å². The second-order valence-corrected chi connectivity index (χ2v) is 6.58. The summed E-state index contributed by atoms with van der Waals surface area (Å²) in [7, 11) is 0.